The molecule has 0 radical (unpaired) electrons. The molecule has 3 aliphatic rings. The first-order valence-corrected chi connectivity index (χ1v) is 13.0. The quantitative estimate of drug-likeness (QED) is 0.406. The molecule has 3 fully saturated rings. The molecule has 0 aromatic rings. The molecule has 0 aromatic carbocycles. The van der Waals surface area contributed by atoms with Crippen molar-refractivity contribution >= 4 is 5.71 Å². The lowest BCUT2D eigenvalue weighted by molar-refractivity contribution is -0.0461. The van der Waals surface area contributed by atoms with Crippen molar-refractivity contribution in [3.05, 3.63) is 0 Å². The van der Waals surface area contributed by atoms with E-state index in [2.05, 4.69) is 39.8 Å². The maximum absolute atomic E-state index is 9.54. The van der Waals surface area contributed by atoms with Crippen LogP contribution < -0.4 is 0 Å². The van der Waals surface area contributed by atoms with Gasteiger partial charge in [0, 0.05) is 12.0 Å². The van der Waals surface area contributed by atoms with Gasteiger partial charge in [0.2, 0.25) is 0 Å². The summed E-state index contributed by atoms with van der Waals surface area (Å²) in [7, 11) is 1.69. The molecule has 0 bridgehead atoms. The number of rotatable bonds is 9. The molecule has 0 spiro atoms. The predicted octanol–water partition coefficient (Wildman–Crippen LogP) is 7.08. The zero-order valence-electron chi connectivity index (χ0n) is 20.8. The summed E-state index contributed by atoms with van der Waals surface area (Å²) < 4.78 is 0. The molecule has 0 amide bonds. The molecule has 0 unspecified atom stereocenters. The maximum Gasteiger partial charge on any atom is 0.106 e. The van der Waals surface area contributed by atoms with Crippen molar-refractivity contribution in [2.45, 2.75) is 105 Å². The Morgan fingerprint density at radius 1 is 1.03 bits per heavy atom. The molecule has 0 aromatic heterocycles. The van der Waals surface area contributed by atoms with Gasteiger partial charge in [0.1, 0.15) is 7.11 Å². The Labute approximate surface area is 186 Å². The van der Waals surface area contributed by atoms with Crippen LogP contribution in [0.3, 0.4) is 0 Å². The molecule has 7 atom stereocenters. The van der Waals surface area contributed by atoms with Crippen LogP contribution in [-0.4, -0.2) is 24.5 Å². The second kappa shape index (κ2) is 9.92. The molecule has 1 N–H and O–H groups in total. The standard InChI is InChI=1S/C27H49NO2/c1-19(2)9-7-10-20(3)22-12-13-23-21-11-14-25(28-30-6)27(5,16-8-18-29)24(21)15-17-26(22,23)4/h19-24,29H,7-18H2,1-6H3/t20-,21+,22-,23+,24+,26-,27-/m1/s1. The summed E-state index contributed by atoms with van der Waals surface area (Å²) in [5.74, 6) is 5.03. The number of hydrogen-bond acceptors (Lipinski definition) is 3. The van der Waals surface area contributed by atoms with Gasteiger partial charge in [-0.25, -0.2) is 0 Å². The van der Waals surface area contributed by atoms with Crippen LogP contribution in [0.4, 0.5) is 0 Å². The number of aliphatic hydroxyl groups is 1. The summed E-state index contributed by atoms with van der Waals surface area (Å²) in [6.07, 6.45) is 14.1. The van der Waals surface area contributed by atoms with Crippen molar-refractivity contribution in [3.63, 3.8) is 0 Å². The van der Waals surface area contributed by atoms with E-state index in [1.807, 2.05) is 0 Å². The average molecular weight is 420 g/mol. The third-order valence-electron chi connectivity index (χ3n) is 9.89. The van der Waals surface area contributed by atoms with E-state index in [9.17, 15) is 5.11 Å². The van der Waals surface area contributed by atoms with Crippen molar-refractivity contribution in [1.82, 2.24) is 0 Å². The van der Waals surface area contributed by atoms with E-state index in [-0.39, 0.29) is 12.0 Å². The summed E-state index contributed by atoms with van der Waals surface area (Å²) in [5, 5.41) is 14.1. The normalized spacial score (nSPS) is 41.0. The highest BCUT2D eigenvalue weighted by Crippen LogP contribution is 2.66. The lowest BCUT2D eigenvalue weighted by atomic mass is 9.47. The van der Waals surface area contributed by atoms with Crippen LogP contribution >= 0.6 is 0 Å². The monoisotopic (exact) mass is 419 g/mol. The van der Waals surface area contributed by atoms with E-state index in [0.29, 0.717) is 11.3 Å². The fraction of sp³-hybridized carbons (Fsp3) is 0.963. The Kier molecular flexibility index (Phi) is 7.96. The van der Waals surface area contributed by atoms with Gasteiger partial charge in [-0.2, -0.15) is 0 Å². The van der Waals surface area contributed by atoms with Crippen molar-refractivity contribution in [1.29, 1.82) is 0 Å². The number of fused-ring (bicyclic) bond motifs is 3. The van der Waals surface area contributed by atoms with Crippen molar-refractivity contribution < 1.29 is 9.94 Å². The third kappa shape index (κ3) is 4.48. The van der Waals surface area contributed by atoms with E-state index in [1.165, 1.54) is 57.1 Å². The minimum atomic E-state index is 0.101. The first-order chi connectivity index (χ1) is 14.3. The topological polar surface area (TPSA) is 41.8 Å². The van der Waals surface area contributed by atoms with Gasteiger partial charge in [0.25, 0.3) is 0 Å². The van der Waals surface area contributed by atoms with E-state index >= 15 is 0 Å². The van der Waals surface area contributed by atoms with Gasteiger partial charge in [-0.05, 0) is 92.3 Å². The van der Waals surface area contributed by atoms with E-state index < -0.39 is 0 Å². The van der Waals surface area contributed by atoms with Crippen LogP contribution in [0.5, 0.6) is 0 Å². The zero-order chi connectivity index (χ0) is 21.9. The molecule has 0 aliphatic heterocycles. The van der Waals surface area contributed by atoms with Crippen LogP contribution in [0.25, 0.3) is 0 Å². The molecular weight excluding hydrogens is 370 g/mol. The van der Waals surface area contributed by atoms with Crippen molar-refractivity contribution in [2.24, 2.45) is 51.5 Å². The Morgan fingerprint density at radius 2 is 1.80 bits per heavy atom. The van der Waals surface area contributed by atoms with Gasteiger partial charge in [-0.1, -0.05) is 59.0 Å². The second-order valence-corrected chi connectivity index (χ2v) is 11.9. The Morgan fingerprint density at radius 3 is 2.47 bits per heavy atom. The van der Waals surface area contributed by atoms with Gasteiger partial charge < -0.3 is 9.94 Å². The number of aliphatic hydroxyl groups excluding tert-OH is 1. The average Bonchev–Trinajstić information content (AvgIpc) is 3.06. The molecule has 174 valence electrons. The molecule has 3 aliphatic carbocycles. The molecule has 3 heteroatoms. The summed E-state index contributed by atoms with van der Waals surface area (Å²) in [6.45, 7) is 12.6. The first kappa shape index (κ1) is 24.1. The first-order valence-electron chi connectivity index (χ1n) is 13.0. The molecule has 3 saturated carbocycles. The minimum Gasteiger partial charge on any atom is -0.399 e. The highest BCUT2D eigenvalue weighted by atomic mass is 16.6. The van der Waals surface area contributed by atoms with Gasteiger partial charge in [-0.3, -0.25) is 0 Å². The van der Waals surface area contributed by atoms with Gasteiger partial charge in [0.05, 0.1) is 5.71 Å². The van der Waals surface area contributed by atoms with Crippen LogP contribution in [-0.2, 0) is 4.84 Å². The van der Waals surface area contributed by atoms with Crippen molar-refractivity contribution in [2.75, 3.05) is 13.7 Å². The lowest BCUT2D eigenvalue weighted by Gasteiger charge is -2.57. The van der Waals surface area contributed by atoms with Crippen LogP contribution in [0.2, 0.25) is 0 Å². The largest absolute Gasteiger partial charge is 0.399 e. The minimum absolute atomic E-state index is 0.101. The number of oxime groups is 1. The molecular formula is C27H49NO2. The van der Waals surface area contributed by atoms with Crippen molar-refractivity contribution in [3.8, 4) is 0 Å². The van der Waals surface area contributed by atoms with E-state index in [1.54, 1.807) is 7.11 Å². The SMILES string of the molecule is CON=C1CC[C@H]2[C@@H]3CC[C@H]([C@H](C)CCCC(C)C)[C@@]3(C)CC[C@@H]2[C@@]1(C)CCCO. The summed E-state index contributed by atoms with van der Waals surface area (Å²) >= 11 is 0. The van der Waals surface area contributed by atoms with Gasteiger partial charge in [0.15, 0.2) is 0 Å². The van der Waals surface area contributed by atoms with Crippen LogP contribution in [0.1, 0.15) is 105 Å². The molecule has 30 heavy (non-hydrogen) atoms. The van der Waals surface area contributed by atoms with E-state index in [0.717, 1.165) is 48.9 Å². The Hall–Kier alpha value is -0.570. The highest BCUT2D eigenvalue weighted by Gasteiger charge is 2.59. The summed E-state index contributed by atoms with van der Waals surface area (Å²) in [6, 6.07) is 0. The zero-order valence-corrected chi connectivity index (χ0v) is 20.8. The Bertz CT molecular complexity index is 587. The fourth-order valence-electron chi connectivity index (χ4n) is 8.34. The third-order valence-corrected chi connectivity index (χ3v) is 9.89. The molecule has 3 nitrogen and oxygen atoms in total. The summed E-state index contributed by atoms with van der Waals surface area (Å²) in [5.41, 5.74) is 1.90. The maximum atomic E-state index is 9.54. The van der Waals surface area contributed by atoms with Gasteiger partial charge in [-0.15, -0.1) is 0 Å². The smallest absolute Gasteiger partial charge is 0.106 e. The second-order valence-electron chi connectivity index (χ2n) is 11.9. The fourth-order valence-corrected chi connectivity index (χ4v) is 8.34. The Balaban J connectivity index is 1.76. The number of nitrogens with zero attached hydrogens (tertiary/aromatic N) is 1. The van der Waals surface area contributed by atoms with Crippen LogP contribution in [0, 0.1) is 46.3 Å². The number of hydrogen-bond donors (Lipinski definition) is 1. The lowest BCUT2D eigenvalue weighted by Crippen LogP contribution is -2.52. The predicted molar refractivity (Wildman–Crippen MR) is 126 cm³/mol. The summed E-state index contributed by atoms with van der Waals surface area (Å²) in [4.78, 5) is 5.27. The van der Waals surface area contributed by atoms with E-state index in [4.69, 9.17) is 4.84 Å². The molecule has 0 heterocycles. The van der Waals surface area contributed by atoms with Crippen LogP contribution in [0.15, 0.2) is 5.16 Å². The molecule has 3 rings (SSSR count). The molecule has 0 saturated heterocycles. The highest BCUT2D eigenvalue weighted by molar-refractivity contribution is 5.90. The van der Waals surface area contributed by atoms with Gasteiger partial charge >= 0.3 is 0 Å².